The number of hydrogen-bond donors (Lipinski definition) is 2. The summed E-state index contributed by atoms with van der Waals surface area (Å²) in [5.41, 5.74) is 2.16. The van der Waals surface area contributed by atoms with Crippen molar-refractivity contribution in [3.63, 3.8) is 0 Å². The van der Waals surface area contributed by atoms with Crippen molar-refractivity contribution >= 4 is 34.3 Å². The van der Waals surface area contributed by atoms with Crippen LogP contribution in [-0.2, 0) is 21.5 Å². The fraction of sp³-hybridized carbons (Fsp3) is 0.138. The molecule has 4 aromatic carbocycles. The Labute approximate surface area is 203 Å². The summed E-state index contributed by atoms with van der Waals surface area (Å²) in [6.45, 7) is 1.30. The lowest BCUT2D eigenvalue weighted by atomic mass is 9.90. The second-order valence-electron chi connectivity index (χ2n) is 8.88. The molecule has 0 aromatic heterocycles. The van der Waals surface area contributed by atoms with Crippen LogP contribution in [0.4, 0.5) is 10.5 Å². The summed E-state index contributed by atoms with van der Waals surface area (Å²) in [7, 11) is 0. The van der Waals surface area contributed by atoms with E-state index in [4.69, 9.17) is 0 Å². The van der Waals surface area contributed by atoms with Gasteiger partial charge in [0.15, 0.2) is 0 Å². The van der Waals surface area contributed by atoms with Gasteiger partial charge in [-0.15, -0.1) is 0 Å². The van der Waals surface area contributed by atoms with Crippen molar-refractivity contribution < 1.29 is 14.4 Å². The number of amides is 4. The number of imide groups is 1. The molecular formula is C29H25N3O3. The minimum Gasteiger partial charge on any atom is -0.324 e. The third-order valence-corrected chi connectivity index (χ3v) is 6.43. The van der Waals surface area contributed by atoms with Gasteiger partial charge in [0, 0.05) is 5.69 Å². The van der Waals surface area contributed by atoms with Gasteiger partial charge in [-0.3, -0.25) is 14.5 Å². The van der Waals surface area contributed by atoms with Crippen molar-refractivity contribution in [1.82, 2.24) is 10.2 Å². The zero-order chi connectivity index (χ0) is 24.4. The molecule has 1 aliphatic rings. The van der Waals surface area contributed by atoms with Gasteiger partial charge in [-0.25, -0.2) is 4.79 Å². The van der Waals surface area contributed by atoms with Crippen molar-refractivity contribution in [2.45, 2.75) is 18.9 Å². The predicted molar refractivity (Wildman–Crippen MR) is 136 cm³/mol. The number of para-hydroxylation sites is 1. The molecular weight excluding hydrogens is 438 g/mol. The monoisotopic (exact) mass is 463 g/mol. The zero-order valence-electron chi connectivity index (χ0n) is 19.3. The second-order valence-corrected chi connectivity index (χ2v) is 8.88. The van der Waals surface area contributed by atoms with Crippen molar-refractivity contribution in [2.24, 2.45) is 0 Å². The summed E-state index contributed by atoms with van der Waals surface area (Å²) in [5.74, 6) is -0.887. The van der Waals surface area contributed by atoms with Gasteiger partial charge in [-0.2, -0.15) is 0 Å². The molecule has 0 unspecified atom stereocenters. The molecule has 0 bridgehead atoms. The van der Waals surface area contributed by atoms with E-state index in [2.05, 4.69) is 10.6 Å². The number of anilines is 1. The molecule has 4 amide bonds. The van der Waals surface area contributed by atoms with Crippen LogP contribution in [0.5, 0.6) is 0 Å². The molecule has 1 aliphatic heterocycles. The Bertz CT molecular complexity index is 1430. The Morgan fingerprint density at radius 1 is 0.857 bits per heavy atom. The summed E-state index contributed by atoms with van der Waals surface area (Å²) >= 11 is 0. The summed E-state index contributed by atoms with van der Waals surface area (Å²) < 4.78 is 0. The maximum absolute atomic E-state index is 13.3. The molecule has 35 heavy (non-hydrogen) atoms. The highest BCUT2D eigenvalue weighted by molar-refractivity contribution is 6.10. The molecule has 1 fully saturated rings. The van der Waals surface area contributed by atoms with E-state index in [-0.39, 0.29) is 6.54 Å². The standard InChI is InChI=1S/C29H25N3O3/c1-29(24-16-15-21-11-5-6-12-22(21)18-24)27(34)32(28(35)31-29)19-26(33)30-25-14-8-7-13-23(25)17-20-9-3-2-4-10-20/h2-16,18H,17,19H2,1H3,(H,30,33)(H,31,35)/t29-/m1/s1. The zero-order valence-corrected chi connectivity index (χ0v) is 19.3. The second kappa shape index (κ2) is 9.06. The molecule has 2 N–H and O–H groups in total. The van der Waals surface area contributed by atoms with E-state index in [1.165, 1.54) is 0 Å². The van der Waals surface area contributed by atoms with E-state index >= 15 is 0 Å². The fourth-order valence-corrected chi connectivity index (χ4v) is 4.48. The number of urea groups is 1. The molecule has 1 saturated heterocycles. The molecule has 0 spiro atoms. The van der Waals surface area contributed by atoms with Crippen molar-refractivity contribution in [3.05, 3.63) is 114 Å². The molecule has 6 nitrogen and oxygen atoms in total. The lowest BCUT2D eigenvalue weighted by molar-refractivity contribution is -0.133. The van der Waals surface area contributed by atoms with Gasteiger partial charge in [-0.1, -0.05) is 84.9 Å². The Morgan fingerprint density at radius 2 is 1.54 bits per heavy atom. The van der Waals surface area contributed by atoms with E-state index < -0.39 is 23.4 Å². The quantitative estimate of drug-likeness (QED) is 0.402. The SMILES string of the molecule is C[C@]1(c2ccc3ccccc3c2)NC(=O)N(CC(=O)Nc2ccccc2Cc2ccccc2)C1=O. The van der Waals surface area contributed by atoms with E-state index in [0.29, 0.717) is 17.7 Å². The van der Waals surface area contributed by atoms with E-state index in [1.807, 2.05) is 97.1 Å². The first-order valence-electron chi connectivity index (χ1n) is 11.5. The van der Waals surface area contributed by atoms with Crippen molar-refractivity contribution in [2.75, 3.05) is 11.9 Å². The maximum atomic E-state index is 13.3. The molecule has 5 rings (SSSR count). The predicted octanol–water partition coefficient (Wildman–Crippen LogP) is 4.84. The first-order chi connectivity index (χ1) is 16.9. The number of carbonyl (C=O) groups is 3. The van der Waals surface area contributed by atoms with Crippen LogP contribution in [0.25, 0.3) is 10.8 Å². The number of hydrogen-bond acceptors (Lipinski definition) is 3. The number of rotatable bonds is 6. The Balaban J connectivity index is 1.32. The van der Waals surface area contributed by atoms with Crippen LogP contribution in [-0.4, -0.2) is 29.3 Å². The largest absolute Gasteiger partial charge is 0.325 e. The van der Waals surface area contributed by atoms with Crippen molar-refractivity contribution in [1.29, 1.82) is 0 Å². The molecule has 0 saturated carbocycles. The summed E-state index contributed by atoms with van der Waals surface area (Å²) in [5, 5.41) is 7.67. The van der Waals surface area contributed by atoms with Gasteiger partial charge in [0.05, 0.1) is 0 Å². The van der Waals surface area contributed by atoms with Crippen molar-refractivity contribution in [3.8, 4) is 0 Å². The molecule has 4 aromatic rings. The third-order valence-electron chi connectivity index (χ3n) is 6.43. The van der Waals surface area contributed by atoms with Gasteiger partial charge in [0.1, 0.15) is 12.1 Å². The normalized spacial score (nSPS) is 17.5. The summed E-state index contributed by atoms with van der Waals surface area (Å²) in [4.78, 5) is 40.0. The van der Waals surface area contributed by atoms with Gasteiger partial charge >= 0.3 is 6.03 Å². The van der Waals surface area contributed by atoms with Gasteiger partial charge in [-0.05, 0) is 52.9 Å². The molecule has 1 heterocycles. The number of nitrogens with zero attached hydrogens (tertiary/aromatic N) is 1. The molecule has 0 aliphatic carbocycles. The Hall–Kier alpha value is -4.45. The van der Waals surface area contributed by atoms with Crippen LogP contribution in [0.2, 0.25) is 0 Å². The number of benzene rings is 4. The van der Waals surface area contributed by atoms with Gasteiger partial charge in [0.2, 0.25) is 5.91 Å². The summed E-state index contributed by atoms with van der Waals surface area (Å²) in [6, 6.07) is 30.4. The maximum Gasteiger partial charge on any atom is 0.325 e. The van der Waals surface area contributed by atoms with Crippen LogP contribution in [0.15, 0.2) is 97.1 Å². The Kier molecular flexibility index (Phi) is 5.79. The Morgan fingerprint density at radius 3 is 2.34 bits per heavy atom. The first-order valence-corrected chi connectivity index (χ1v) is 11.5. The van der Waals surface area contributed by atoms with E-state index in [0.717, 1.165) is 26.8 Å². The molecule has 1 atom stereocenters. The lowest BCUT2D eigenvalue weighted by Crippen LogP contribution is -2.42. The van der Waals surface area contributed by atoms with E-state index in [1.54, 1.807) is 6.92 Å². The lowest BCUT2D eigenvalue weighted by Gasteiger charge is -2.22. The van der Waals surface area contributed by atoms with Crippen LogP contribution >= 0.6 is 0 Å². The number of carbonyl (C=O) groups excluding carboxylic acids is 3. The highest BCUT2D eigenvalue weighted by Gasteiger charge is 2.49. The fourth-order valence-electron chi connectivity index (χ4n) is 4.48. The summed E-state index contributed by atoms with van der Waals surface area (Å²) in [6.07, 6.45) is 0.653. The van der Waals surface area contributed by atoms with Crippen LogP contribution in [0, 0.1) is 0 Å². The molecule has 6 heteroatoms. The average Bonchev–Trinajstić information content (AvgIpc) is 3.09. The minimum atomic E-state index is -1.24. The smallest absolute Gasteiger partial charge is 0.324 e. The highest BCUT2D eigenvalue weighted by atomic mass is 16.2. The number of nitrogens with one attached hydrogen (secondary N) is 2. The average molecular weight is 464 g/mol. The molecule has 174 valence electrons. The van der Waals surface area contributed by atoms with Gasteiger partial charge in [0.25, 0.3) is 5.91 Å². The van der Waals surface area contributed by atoms with Gasteiger partial charge < -0.3 is 10.6 Å². The van der Waals surface area contributed by atoms with Crippen LogP contribution in [0.3, 0.4) is 0 Å². The molecule has 0 radical (unpaired) electrons. The topological polar surface area (TPSA) is 78.5 Å². The van der Waals surface area contributed by atoms with E-state index in [9.17, 15) is 14.4 Å². The highest BCUT2D eigenvalue weighted by Crippen LogP contribution is 2.31. The number of fused-ring (bicyclic) bond motifs is 1. The van der Waals surface area contributed by atoms with Crippen LogP contribution < -0.4 is 10.6 Å². The first kappa shape index (κ1) is 22.3. The van der Waals surface area contributed by atoms with Crippen LogP contribution in [0.1, 0.15) is 23.6 Å². The third kappa shape index (κ3) is 4.38. The minimum absolute atomic E-state index is 0.368.